The first-order valence-electron chi connectivity index (χ1n) is 12.6. The molecule has 0 N–H and O–H groups in total. The highest BCUT2D eigenvalue weighted by molar-refractivity contribution is 6.36. The van der Waals surface area contributed by atoms with Crippen LogP contribution in [0.2, 0.25) is 0 Å². The largest absolute Gasteiger partial charge is 0.317 e. The lowest BCUT2D eigenvalue weighted by atomic mass is 10.1. The minimum Gasteiger partial charge on any atom is -0.317 e. The van der Waals surface area contributed by atoms with E-state index in [1.807, 2.05) is 60.7 Å². The van der Waals surface area contributed by atoms with Gasteiger partial charge in [-0.2, -0.15) is 5.26 Å². The van der Waals surface area contributed by atoms with E-state index in [1.165, 1.54) is 4.90 Å². The number of imide groups is 1. The summed E-state index contributed by atoms with van der Waals surface area (Å²) in [5.74, 6) is -0.867. The maximum Gasteiger partial charge on any atom is 0.268 e. The molecule has 0 bridgehead atoms. The second kappa shape index (κ2) is 8.80. The van der Waals surface area contributed by atoms with Gasteiger partial charge in [-0.1, -0.05) is 78.9 Å². The van der Waals surface area contributed by atoms with Crippen LogP contribution in [0, 0.1) is 17.9 Å². The van der Waals surface area contributed by atoms with Crippen molar-refractivity contribution in [3.63, 3.8) is 0 Å². The Morgan fingerprint density at radius 2 is 1.35 bits per heavy atom. The fourth-order valence-electron chi connectivity index (χ4n) is 5.64. The average molecular weight is 515 g/mol. The lowest BCUT2D eigenvalue weighted by Crippen LogP contribution is -2.29. The van der Waals surface area contributed by atoms with Crippen LogP contribution in [-0.4, -0.2) is 16.4 Å². The molecule has 40 heavy (non-hydrogen) atoms. The van der Waals surface area contributed by atoms with Crippen LogP contribution in [0.4, 0.5) is 11.4 Å². The van der Waals surface area contributed by atoms with Crippen molar-refractivity contribution in [3.05, 3.63) is 137 Å². The summed E-state index contributed by atoms with van der Waals surface area (Å²) in [7, 11) is 0. The molecule has 0 unspecified atom stereocenters. The number of nitrogens with zero attached hydrogens (tertiary/aromatic N) is 4. The molecular weight excluding hydrogens is 496 g/mol. The number of para-hydroxylation sites is 2. The number of fused-ring (bicyclic) bond motifs is 4. The van der Waals surface area contributed by atoms with Crippen molar-refractivity contribution in [2.24, 2.45) is 0 Å². The Morgan fingerprint density at radius 1 is 0.675 bits per heavy atom. The van der Waals surface area contributed by atoms with Crippen molar-refractivity contribution in [1.82, 2.24) is 4.57 Å². The summed E-state index contributed by atoms with van der Waals surface area (Å²) in [6.45, 7) is 7.82. The van der Waals surface area contributed by atoms with Gasteiger partial charge < -0.3 is 4.57 Å². The first kappa shape index (κ1) is 23.2. The SMILES string of the molecule is [C-]#[N+]c1cccc2c3cccc(C#N)c3n(-c3cccc4c3C(=O)N(c3ccc(-c5ccccc5)cc3)C4=O)c12. The molecule has 7 rings (SSSR count). The molecular formula is C34H18N4O2. The van der Waals surface area contributed by atoms with Gasteiger partial charge in [-0.3, -0.25) is 9.59 Å². The summed E-state index contributed by atoms with van der Waals surface area (Å²) < 4.78 is 1.79. The van der Waals surface area contributed by atoms with E-state index in [1.54, 1.807) is 53.1 Å². The van der Waals surface area contributed by atoms with Crippen LogP contribution in [-0.2, 0) is 0 Å². The number of rotatable bonds is 3. The Kier molecular flexibility index (Phi) is 5.10. The van der Waals surface area contributed by atoms with Crippen molar-refractivity contribution in [2.75, 3.05) is 4.90 Å². The number of hydrogen-bond acceptors (Lipinski definition) is 3. The molecule has 6 nitrogen and oxygen atoms in total. The summed E-state index contributed by atoms with van der Waals surface area (Å²) in [6.07, 6.45) is 0. The third kappa shape index (κ3) is 3.21. The Balaban J connectivity index is 1.44. The summed E-state index contributed by atoms with van der Waals surface area (Å²) in [6, 6.07) is 35.5. The Labute approximate surface area is 229 Å². The minimum absolute atomic E-state index is 0.242. The monoisotopic (exact) mass is 514 g/mol. The highest BCUT2D eigenvalue weighted by atomic mass is 16.2. The minimum atomic E-state index is -0.451. The van der Waals surface area contributed by atoms with Gasteiger partial charge in [-0.05, 0) is 46.8 Å². The van der Waals surface area contributed by atoms with Crippen molar-refractivity contribution in [2.45, 2.75) is 0 Å². The second-order valence-electron chi connectivity index (χ2n) is 9.49. The fourth-order valence-corrected chi connectivity index (χ4v) is 5.64. The van der Waals surface area contributed by atoms with E-state index in [-0.39, 0.29) is 11.1 Å². The average Bonchev–Trinajstić information content (AvgIpc) is 3.49. The topological polar surface area (TPSA) is 70.5 Å². The number of amides is 2. The molecule has 186 valence electrons. The van der Waals surface area contributed by atoms with Crippen molar-refractivity contribution in [1.29, 1.82) is 5.26 Å². The predicted octanol–water partition coefficient (Wildman–Crippen LogP) is 7.67. The van der Waals surface area contributed by atoms with Gasteiger partial charge in [0.25, 0.3) is 11.8 Å². The van der Waals surface area contributed by atoms with E-state index in [0.717, 1.165) is 21.9 Å². The number of carbonyl (C=O) groups excluding carboxylic acids is 2. The first-order valence-corrected chi connectivity index (χ1v) is 12.6. The molecule has 2 heterocycles. The second-order valence-corrected chi connectivity index (χ2v) is 9.49. The van der Waals surface area contributed by atoms with Crippen molar-refractivity contribution >= 4 is 45.0 Å². The third-order valence-electron chi connectivity index (χ3n) is 7.40. The summed E-state index contributed by atoms with van der Waals surface area (Å²) >= 11 is 0. The van der Waals surface area contributed by atoms with Crippen LogP contribution in [0.15, 0.2) is 109 Å². The zero-order valence-corrected chi connectivity index (χ0v) is 21.0. The van der Waals surface area contributed by atoms with Gasteiger partial charge in [0.1, 0.15) is 6.07 Å². The number of anilines is 1. The van der Waals surface area contributed by atoms with Crippen LogP contribution in [0.1, 0.15) is 26.3 Å². The molecule has 0 fully saturated rings. The molecule has 0 aliphatic carbocycles. The van der Waals surface area contributed by atoms with E-state index in [9.17, 15) is 14.9 Å². The van der Waals surface area contributed by atoms with Gasteiger partial charge in [0.15, 0.2) is 0 Å². The smallest absolute Gasteiger partial charge is 0.268 e. The molecule has 5 aromatic carbocycles. The number of nitriles is 1. The molecule has 0 saturated carbocycles. The third-order valence-corrected chi connectivity index (χ3v) is 7.40. The molecule has 0 spiro atoms. The quantitative estimate of drug-likeness (QED) is 0.180. The zero-order valence-electron chi connectivity index (χ0n) is 21.0. The van der Waals surface area contributed by atoms with Crippen LogP contribution in [0.25, 0.3) is 43.5 Å². The fraction of sp³-hybridized carbons (Fsp3) is 0. The van der Waals surface area contributed by atoms with Gasteiger partial charge in [-0.15, -0.1) is 0 Å². The van der Waals surface area contributed by atoms with Gasteiger partial charge in [-0.25, -0.2) is 9.74 Å². The first-order chi connectivity index (χ1) is 19.6. The summed E-state index contributed by atoms with van der Waals surface area (Å²) in [5, 5.41) is 11.6. The lowest BCUT2D eigenvalue weighted by Gasteiger charge is -2.16. The van der Waals surface area contributed by atoms with Crippen LogP contribution < -0.4 is 4.90 Å². The Morgan fingerprint density at radius 3 is 2.08 bits per heavy atom. The molecule has 6 heteroatoms. The normalized spacial score (nSPS) is 12.5. The summed E-state index contributed by atoms with van der Waals surface area (Å²) in [5.41, 5.74) is 5.44. The van der Waals surface area contributed by atoms with Gasteiger partial charge in [0.05, 0.1) is 45.7 Å². The standard InChI is InChI=1S/C34H18N4O2/c1-36-28-14-6-12-26-25-11-5-10-23(20-35)31(25)38(32(26)28)29-15-7-13-27-30(29)34(40)37(33(27)39)24-18-16-22(17-19-24)21-8-3-2-4-9-21/h2-19H. The van der Waals surface area contributed by atoms with E-state index >= 15 is 0 Å². The molecule has 1 aliphatic heterocycles. The maximum atomic E-state index is 14.0. The maximum absolute atomic E-state index is 14.0. The van der Waals surface area contributed by atoms with Gasteiger partial charge in [0, 0.05) is 5.39 Å². The van der Waals surface area contributed by atoms with Crippen molar-refractivity contribution in [3.8, 4) is 22.9 Å². The van der Waals surface area contributed by atoms with Gasteiger partial charge >= 0.3 is 0 Å². The van der Waals surface area contributed by atoms with E-state index in [2.05, 4.69) is 10.9 Å². The molecule has 0 radical (unpaired) electrons. The Bertz CT molecular complexity index is 2040. The number of aromatic nitrogens is 1. The molecule has 0 atom stereocenters. The molecule has 1 aliphatic rings. The van der Waals surface area contributed by atoms with Crippen LogP contribution in [0.5, 0.6) is 0 Å². The van der Waals surface area contributed by atoms with E-state index < -0.39 is 11.8 Å². The van der Waals surface area contributed by atoms with Crippen molar-refractivity contribution < 1.29 is 9.59 Å². The molecule has 2 amide bonds. The van der Waals surface area contributed by atoms with E-state index in [0.29, 0.717) is 33.7 Å². The molecule has 1 aromatic heterocycles. The highest BCUT2D eigenvalue weighted by Crippen LogP contribution is 2.41. The Hall–Kier alpha value is -5.98. The number of benzene rings is 5. The predicted molar refractivity (Wildman–Crippen MR) is 155 cm³/mol. The lowest BCUT2D eigenvalue weighted by molar-refractivity contribution is 0.0926. The number of hydrogen-bond donors (Lipinski definition) is 0. The summed E-state index contributed by atoms with van der Waals surface area (Å²) in [4.78, 5) is 32.6. The molecule has 0 saturated heterocycles. The molecule has 6 aromatic rings. The number of carbonyl (C=O) groups is 2. The van der Waals surface area contributed by atoms with E-state index in [4.69, 9.17) is 6.57 Å². The van der Waals surface area contributed by atoms with Crippen LogP contribution in [0.3, 0.4) is 0 Å². The van der Waals surface area contributed by atoms with Gasteiger partial charge in [0.2, 0.25) is 5.69 Å². The zero-order chi connectivity index (χ0) is 27.4. The highest BCUT2D eigenvalue weighted by Gasteiger charge is 2.39. The van der Waals surface area contributed by atoms with Crippen LogP contribution >= 0.6 is 0 Å².